The van der Waals surface area contributed by atoms with E-state index in [2.05, 4.69) is 40.8 Å². The molecule has 0 aromatic carbocycles. The minimum absolute atomic E-state index is 0.138. The third-order valence-corrected chi connectivity index (χ3v) is 7.25. The van der Waals surface area contributed by atoms with Crippen LogP contribution < -0.4 is 10.6 Å². The summed E-state index contributed by atoms with van der Waals surface area (Å²) in [5.74, 6) is -0.443. The average molecular weight is 529 g/mol. The smallest absolute Gasteiger partial charge is 0.294 e. The summed E-state index contributed by atoms with van der Waals surface area (Å²) in [6, 6.07) is 5.42. The van der Waals surface area contributed by atoms with Gasteiger partial charge in [-0.1, -0.05) is 0 Å². The van der Waals surface area contributed by atoms with Crippen LogP contribution in [-0.2, 0) is 24.8 Å². The molecule has 2 N–H and O–H groups in total. The number of fused-ring (bicyclic) bond motifs is 2. The molecule has 0 bridgehead atoms. The highest BCUT2D eigenvalue weighted by Crippen LogP contribution is 2.23. The Labute approximate surface area is 221 Å². The van der Waals surface area contributed by atoms with Crippen LogP contribution in [0.3, 0.4) is 0 Å². The first-order chi connectivity index (χ1) is 18.4. The molecular weight excluding hydrogens is 504 g/mol. The normalized spacial score (nSPS) is 13.4. The standard InChI is InChI=1S/C25H24N10O2S/c1-15-20(8-18(10-26-15)29-23(36)13-34-5-4-19-21(12-34)38-14-27-19)30-25(37)24-32-31-22-7-16(3-6-35(22)24)17-9-28-33(2)11-17/h3,6-11,14H,4-5,12-13H2,1-2H3,(H,29,36)(H,30,37). The van der Waals surface area contributed by atoms with E-state index in [0.717, 1.165) is 36.3 Å². The molecule has 0 saturated carbocycles. The van der Waals surface area contributed by atoms with Crippen molar-refractivity contribution < 1.29 is 9.59 Å². The van der Waals surface area contributed by atoms with Gasteiger partial charge >= 0.3 is 0 Å². The summed E-state index contributed by atoms with van der Waals surface area (Å²) >= 11 is 1.62. The highest BCUT2D eigenvalue weighted by molar-refractivity contribution is 7.09. The molecule has 0 atom stereocenters. The maximum Gasteiger partial charge on any atom is 0.294 e. The van der Waals surface area contributed by atoms with Crippen LogP contribution in [0.15, 0.2) is 48.5 Å². The van der Waals surface area contributed by atoms with Crippen LogP contribution in [0, 0.1) is 6.92 Å². The van der Waals surface area contributed by atoms with Crippen molar-refractivity contribution in [3.05, 3.63) is 70.6 Å². The van der Waals surface area contributed by atoms with Crippen molar-refractivity contribution in [2.45, 2.75) is 19.9 Å². The number of nitrogens with one attached hydrogen (secondary N) is 2. The summed E-state index contributed by atoms with van der Waals surface area (Å²) in [5, 5.41) is 18.2. The third kappa shape index (κ3) is 4.76. The van der Waals surface area contributed by atoms with Crippen molar-refractivity contribution in [2.75, 3.05) is 23.7 Å². The number of carbonyl (C=O) groups is 2. The first kappa shape index (κ1) is 23.9. The van der Waals surface area contributed by atoms with Gasteiger partial charge in [-0.15, -0.1) is 21.5 Å². The molecule has 0 saturated heterocycles. The maximum absolute atomic E-state index is 13.1. The number of aryl methyl sites for hydroxylation is 2. The van der Waals surface area contributed by atoms with Crippen LogP contribution in [0.5, 0.6) is 0 Å². The number of hydrogen-bond acceptors (Lipinski definition) is 9. The Balaban J connectivity index is 1.14. The van der Waals surface area contributed by atoms with Gasteiger partial charge in [0, 0.05) is 49.4 Å². The second kappa shape index (κ2) is 9.76. The average Bonchev–Trinajstić information content (AvgIpc) is 3.64. The van der Waals surface area contributed by atoms with Gasteiger partial charge in [-0.2, -0.15) is 5.10 Å². The van der Waals surface area contributed by atoms with Crippen LogP contribution in [0.25, 0.3) is 16.8 Å². The lowest BCUT2D eigenvalue weighted by Crippen LogP contribution is -2.36. The van der Waals surface area contributed by atoms with Crippen molar-refractivity contribution in [1.82, 2.24) is 39.2 Å². The predicted molar refractivity (Wildman–Crippen MR) is 142 cm³/mol. The Morgan fingerprint density at radius 2 is 2.00 bits per heavy atom. The number of thiazole rings is 1. The second-order valence-corrected chi connectivity index (χ2v) is 10.1. The summed E-state index contributed by atoms with van der Waals surface area (Å²) in [7, 11) is 1.85. The molecule has 0 radical (unpaired) electrons. The molecule has 0 spiro atoms. The minimum Gasteiger partial charge on any atom is -0.324 e. The van der Waals surface area contributed by atoms with Crippen LogP contribution in [0.4, 0.5) is 11.4 Å². The van der Waals surface area contributed by atoms with Gasteiger partial charge in [0.05, 0.1) is 47.2 Å². The number of carbonyl (C=O) groups excluding carboxylic acids is 2. The first-order valence-electron chi connectivity index (χ1n) is 12.0. The summed E-state index contributed by atoms with van der Waals surface area (Å²) in [6.45, 7) is 3.55. The third-order valence-electron chi connectivity index (χ3n) is 6.39. The number of aromatic nitrogens is 7. The van der Waals surface area contributed by atoms with E-state index in [4.69, 9.17) is 0 Å². The van der Waals surface area contributed by atoms with Crippen molar-refractivity contribution in [2.24, 2.45) is 7.05 Å². The molecule has 12 nitrogen and oxygen atoms in total. The molecule has 1 aliphatic heterocycles. The number of anilines is 2. The monoisotopic (exact) mass is 528 g/mol. The van der Waals surface area contributed by atoms with E-state index in [9.17, 15) is 9.59 Å². The fraction of sp³-hybridized carbons (Fsp3) is 0.240. The molecule has 38 heavy (non-hydrogen) atoms. The fourth-order valence-electron chi connectivity index (χ4n) is 4.41. The highest BCUT2D eigenvalue weighted by Gasteiger charge is 2.21. The van der Waals surface area contributed by atoms with Gasteiger partial charge in [-0.3, -0.25) is 28.6 Å². The molecule has 5 aromatic heterocycles. The zero-order valence-corrected chi connectivity index (χ0v) is 21.6. The zero-order chi connectivity index (χ0) is 26.2. The van der Waals surface area contributed by atoms with Crippen LogP contribution in [0.1, 0.15) is 26.9 Å². The molecule has 0 aliphatic carbocycles. The van der Waals surface area contributed by atoms with Crippen LogP contribution >= 0.6 is 11.3 Å². The van der Waals surface area contributed by atoms with E-state index in [0.29, 0.717) is 22.7 Å². The topological polar surface area (TPSA) is 135 Å². The zero-order valence-electron chi connectivity index (χ0n) is 20.7. The Hall–Kier alpha value is -4.49. The summed E-state index contributed by atoms with van der Waals surface area (Å²) in [5.41, 5.74) is 6.97. The van der Waals surface area contributed by atoms with E-state index in [1.807, 2.05) is 30.9 Å². The lowest BCUT2D eigenvalue weighted by Gasteiger charge is -2.25. The van der Waals surface area contributed by atoms with Crippen molar-refractivity contribution >= 4 is 40.2 Å². The number of hydrogen-bond donors (Lipinski definition) is 2. The van der Waals surface area contributed by atoms with E-state index in [-0.39, 0.29) is 18.3 Å². The van der Waals surface area contributed by atoms with E-state index in [1.54, 1.807) is 52.0 Å². The molecule has 2 amide bonds. The Bertz CT molecular complexity index is 1670. The van der Waals surface area contributed by atoms with Crippen LogP contribution in [0.2, 0.25) is 0 Å². The second-order valence-electron chi connectivity index (χ2n) is 9.11. The largest absolute Gasteiger partial charge is 0.324 e. The molecular formula is C25H24N10O2S. The van der Waals surface area contributed by atoms with E-state index < -0.39 is 5.91 Å². The van der Waals surface area contributed by atoms with E-state index in [1.165, 1.54) is 4.88 Å². The lowest BCUT2D eigenvalue weighted by atomic mass is 10.1. The number of amides is 2. The number of rotatable bonds is 6. The molecule has 0 fully saturated rings. The summed E-state index contributed by atoms with van der Waals surface area (Å²) < 4.78 is 3.34. The molecule has 13 heteroatoms. The quantitative estimate of drug-likeness (QED) is 0.343. The summed E-state index contributed by atoms with van der Waals surface area (Å²) in [4.78, 5) is 37.8. The van der Waals surface area contributed by atoms with Crippen LogP contribution in [-0.4, -0.2) is 64.2 Å². The predicted octanol–water partition coefficient (Wildman–Crippen LogP) is 2.54. The molecule has 0 unspecified atom stereocenters. The highest BCUT2D eigenvalue weighted by atomic mass is 32.1. The Kier molecular flexibility index (Phi) is 6.13. The van der Waals surface area contributed by atoms with Gasteiger partial charge in [-0.05, 0) is 30.7 Å². The van der Waals surface area contributed by atoms with Gasteiger partial charge in [-0.25, -0.2) is 4.98 Å². The number of nitrogens with zero attached hydrogens (tertiary/aromatic N) is 8. The summed E-state index contributed by atoms with van der Waals surface area (Å²) in [6.07, 6.45) is 7.84. The molecule has 5 aromatic rings. The van der Waals surface area contributed by atoms with Gasteiger partial charge in [0.1, 0.15) is 0 Å². The van der Waals surface area contributed by atoms with Crippen molar-refractivity contribution in [3.63, 3.8) is 0 Å². The van der Waals surface area contributed by atoms with Crippen molar-refractivity contribution in [3.8, 4) is 11.1 Å². The fourth-order valence-corrected chi connectivity index (χ4v) is 5.27. The van der Waals surface area contributed by atoms with Gasteiger partial charge < -0.3 is 10.6 Å². The first-order valence-corrected chi connectivity index (χ1v) is 12.9. The van der Waals surface area contributed by atoms with E-state index >= 15 is 0 Å². The van der Waals surface area contributed by atoms with Crippen molar-refractivity contribution in [1.29, 1.82) is 0 Å². The molecule has 192 valence electrons. The molecule has 6 heterocycles. The SMILES string of the molecule is Cc1ncc(NC(=O)CN2CCc3ncsc3C2)cc1NC(=O)c1nnc2cc(-c3cnn(C)c3)ccn12. The molecule has 6 rings (SSSR count). The number of pyridine rings is 2. The Morgan fingerprint density at radius 3 is 2.84 bits per heavy atom. The van der Waals surface area contributed by atoms with Gasteiger partial charge in [0.25, 0.3) is 5.91 Å². The molecule has 1 aliphatic rings. The van der Waals surface area contributed by atoms with Gasteiger partial charge in [0.15, 0.2) is 5.65 Å². The minimum atomic E-state index is -0.436. The lowest BCUT2D eigenvalue weighted by molar-refractivity contribution is -0.117. The Morgan fingerprint density at radius 1 is 1.11 bits per heavy atom. The maximum atomic E-state index is 13.1. The van der Waals surface area contributed by atoms with Gasteiger partial charge in [0.2, 0.25) is 11.7 Å².